The van der Waals surface area contributed by atoms with Crippen LogP contribution in [-0.4, -0.2) is 64.6 Å². The van der Waals surface area contributed by atoms with Gasteiger partial charge in [0.1, 0.15) is 0 Å². The van der Waals surface area contributed by atoms with Crippen molar-refractivity contribution in [1.29, 1.82) is 0 Å². The van der Waals surface area contributed by atoms with E-state index in [4.69, 9.17) is 15.3 Å². The number of hydrogen-bond donors (Lipinski definition) is 4. The fourth-order valence-electron chi connectivity index (χ4n) is 0.950. The van der Waals surface area contributed by atoms with E-state index in [0.717, 1.165) is 0 Å². The number of hydrogen-bond acceptors (Lipinski definition) is 4. The van der Waals surface area contributed by atoms with Crippen LogP contribution in [0.3, 0.4) is 0 Å². The van der Waals surface area contributed by atoms with Gasteiger partial charge in [-0.15, -0.1) is 0 Å². The second kappa shape index (κ2) is 7.02. The number of rotatable bonds is 6. The van der Waals surface area contributed by atoms with Crippen molar-refractivity contribution >= 4 is 12.0 Å². The van der Waals surface area contributed by atoms with Crippen molar-refractivity contribution in [2.75, 3.05) is 26.3 Å². The van der Waals surface area contributed by atoms with Gasteiger partial charge < -0.3 is 25.5 Å². The predicted octanol–water partition coefficient (Wildman–Crippen LogP) is -1.54. The highest BCUT2D eigenvalue weighted by molar-refractivity contribution is 5.82. The van der Waals surface area contributed by atoms with Crippen molar-refractivity contribution in [3.63, 3.8) is 0 Å². The molecular formula is C8H16N2O5. The zero-order chi connectivity index (χ0) is 11.8. The number of carbonyl (C=O) groups is 2. The minimum Gasteiger partial charge on any atom is -0.480 e. The van der Waals surface area contributed by atoms with Crippen LogP contribution in [0.15, 0.2) is 0 Å². The predicted molar refractivity (Wildman–Crippen MR) is 51.4 cm³/mol. The fourth-order valence-corrected chi connectivity index (χ4v) is 0.950. The standard InChI is InChI=1S/C8H16N2O5/c1-2-10(3-4-11)8(15)9-6(5-12)7(13)14/h6,11-12H,2-5H2,1H3,(H,9,15)(H,13,14). The molecule has 0 radical (unpaired) electrons. The van der Waals surface area contributed by atoms with Gasteiger partial charge in [0.15, 0.2) is 6.04 Å². The Morgan fingerprint density at radius 3 is 2.33 bits per heavy atom. The molecule has 0 spiro atoms. The maximum Gasteiger partial charge on any atom is 0.328 e. The molecule has 7 heteroatoms. The first-order valence-electron chi connectivity index (χ1n) is 4.56. The Morgan fingerprint density at radius 2 is 2.00 bits per heavy atom. The van der Waals surface area contributed by atoms with Crippen molar-refractivity contribution in [2.45, 2.75) is 13.0 Å². The monoisotopic (exact) mass is 220 g/mol. The number of likely N-dealkylation sites (N-methyl/N-ethyl adjacent to an activating group) is 1. The maximum atomic E-state index is 11.4. The van der Waals surface area contributed by atoms with Gasteiger partial charge in [0.25, 0.3) is 0 Å². The Balaban J connectivity index is 4.24. The van der Waals surface area contributed by atoms with E-state index in [1.807, 2.05) is 0 Å². The molecule has 2 amide bonds. The first-order valence-corrected chi connectivity index (χ1v) is 4.56. The number of aliphatic hydroxyl groups is 2. The summed E-state index contributed by atoms with van der Waals surface area (Å²) in [5.74, 6) is -1.30. The molecule has 0 saturated heterocycles. The van der Waals surface area contributed by atoms with Crippen LogP contribution < -0.4 is 5.32 Å². The smallest absolute Gasteiger partial charge is 0.328 e. The van der Waals surface area contributed by atoms with E-state index in [1.165, 1.54) is 4.90 Å². The summed E-state index contributed by atoms with van der Waals surface area (Å²) < 4.78 is 0. The lowest BCUT2D eigenvalue weighted by Gasteiger charge is -2.22. The third-order valence-corrected chi connectivity index (χ3v) is 1.82. The normalized spacial score (nSPS) is 11.9. The molecule has 4 N–H and O–H groups in total. The summed E-state index contributed by atoms with van der Waals surface area (Å²) in [7, 11) is 0. The molecule has 0 aromatic rings. The molecule has 0 heterocycles. The molecule has 0 bridgehead atoms. The lowest BCUT2D eigenvalue weighted by molar-refractivity contribution is -0.140. The van der Waals surface area contributed by atoms with E-state index in [9.17, 15) is 9.59 Å². The third kappa shape index (κ3) is 4.61. The number of carboxylic acids is 1. The SMILES string of the molecule is CCN(CCO)C(=O)NC(CO)C(=O)O. The van der Waals surface area contributed by atoms with E-state index >= 15 is 0 Å². The molecule has 0 aliphatic heterocycles. The van der Waals surface area contributed by atoms with Crippen molar-refractivity contribution in [3.05, 3.63) is 0 Å². The Labute approximate surface area is 87.3 Å². The zero-order valence-electron chi connectivity index (χ0n) is 8.51. The van der Waals surface area contributed by atoms with Gasteiger partial charge >= 0.3 is 12.0 Å². The molecule has 0 fully saturated rings. The Hall–Kier alpha value is -1.34. The molecule has 0 aromatic carbocycles. The Bertz CT molecular complexity index is 221. The first kappa shape index (κ1) is 13.7. The van der Waals surface area contributed by atoms with Crippen LogP contribution in [0.4, 0.5) is 4.79 Å². The van der Waals surface area contributed by atoms with Crippen molar-refractivity contribution in [2.24, 2.45) is 0 Å². The fraction of sp³-hybridized carbons (Fsp3) is 0.750. The quantitative estimate of drug-likeness (QED) is 0.433. The van der Waals surface area contributed by atoms with E-state index in [2.05, 4.69) is 5.32 Å². The Kier molecular flexibility index (Phi) is 6.39. The second-order valence-corrected chi connectivity index (χ2v) is 2.83. The molecule has 0 saturated carbocycles. The van der Waals surface area contributed by atoms with Crippen LogP contribution in [0.25, 0.3) is 0 Å². The summed E-state index contributed by atoms with van der Waals surface area (Å²) in [5, 5.41) is 28.0. The summed E-state index contributed by atoms with van der Waals surface area (Å²) in [4.78, 5) is 23.1. The van der Waals surface area contributed by atoms with Gasteiger partial charge in [0.05, 0.1) is 13.2 Å². The van der Waals surface area contributed by atoms with Gasteiger partial charge in [-0.3, -0.25) is 0 Å². The number of aliphatic hydroxyl groups excluding tert-OH is 2. The van der Waals surface area contributed by atoms with Crippen LogP contribution in [0.2, 0.25) is 0 Å². The molecule has 7 nitrogen and oxygen atoms in total. The number of nitrogens with one attached hydrogen (secondary N) is 1. The van der Waals surface area contributed by atoms with Crippen molar-refractivity contribution in [3.8, 4) is 0 Å². The van der Waals surface area contributed by atoms with Gasteiger partial charge in [-0.1, -0.05) is 0 Å². The number of amides is 2. The van der Waals surface area contributed by atoms with Crippen LogP contribution in [0.5, 0.6) is 0 Å². The molecule has 15 heavy (non-hydrogen) atoms. The molecule has 0 aromatic heterocycles. The summed E-state index contributed by atoms with van der Waals surface area (Å²) in [5.41, 5.74) is 0. The highest BCUT2D eigenvalue weighted by Crippen LogP contribution is 1.91. The molecule has 0 aliphatic rings. The summed E-state index contributed by atoms with van der Waals surface area (Å²) in [6, 6.07) is -1.93. The minimum absolute atomic E-state index is 0.125. The maximum absolute atomic E-state index is 11.4. The lowest BCUT2D eigenvalue weighted by atomic mass is 10.3. The molecule has 1 atom stereocenters. The summed E-state index contributed by atoms with van der Waals surface area (Å²) in [6.45, 7) is 1.31. The van der Waals surface area contributed by atoms with Crippen LogP contribution in [0, 0.1) is 0 Å². The number of carbonyl (C=O) groups excluding carboxylic acids is 1. The third-order valence-electron chi connectivity index (χ3n) is 1.82. The van der Waals surface area contributed by atoms with Gasteiger partial charge in [0, 0.05) is 13.1 Å². The molecule has 1 unspecified atom stereocenters. The Morgan fingerprint density at radius 1 is 1.40 bits per heavy atom. The lowest BCUT2D eigenvalue weighted by Crippen LogP contribution is -2.50. The largest absolute Gasteiger partial charge is 0.480 e. The van der Waals surface area contributed by atoms with Crippen LogP contribution >= 0.6 is 0 Å². The molecular weight excluding hydrogens is 204 g/mol. The van der Waals surface area contributed by atoms with E-state index < -0.39 is 24.6 Å². The average Bonchev–Trinajstić information content (AvgIpc) is 2.21. The zero-order valence-corrected chi connectivity index (χ0v) is 8.51. The highest BCUT2D eigenvalue weighted by atomic mass is 16.4. The van der Waals surface area contributed by atoms with Crippen molar-refractivity contribution in [1.82, 2.24) is 10.2 Å². The van der Waals surface area contributed by atoms with Gasteiger partial charge in [-0.05, 0) is 6.92 Å². The molecule has 0 aliphatic carbocycles. The first-order chi connectivity index (χ1) is 7.06. The number of carboxylic acid groups (broad SMARTS) is 1. The average molecular weight is 220 g/mol. The van der Waals surface area contributed by atoms with Crippen LogP contribution in [-0.2, 0) is 4.79 Å². The highest BCUT2D eigenvalue weighted by Gasteiger charge is 2.21. The van der Waals surface area contributed by atoms with Gasteiger partial charge in [-0.25, -0.2) is 9.59 Å². The molecule has 88 valence electrons. The number of aliphatic carboxylic acids is 1. The van der Waals surface area contributed by atoms with Gasteiger partial charge in [0.2, 0.25) is 0 Å². The molecule has 0 rings (SSSR count). The van der Waals surface area contributed by atoms with E-state index in [1.54, 1.807) is 6.92 Å². The minimum atomic E-state index is -1.31. The topological polar surface area (TPSA) is 110 Å². The van der Waals surface area contributed by atoms with E-state index in [0.29, 0.717) is 6.54 Å². The number of nitrogens with zero attached hydrogens (tertiary/aromatic N) is 1. The van der Waals surface area contributed by atoms with Crippen LogP contribution in [0.1, 0.15) is 6.92 Å². The summed E-state index contributed by atoms with van der Waals surface area (Å²) in [6.07, 6.45) is 0. The van der Waals surface area contributed by atoms with Gasteiger partial charge in [-0.2, -0.15) is 0 Å². The van der Waals surface area contributed by atoms with Crippen molar-refractivity contribution < 1.29 is 24.9 Å². The summed E-state index contributed by atoms with van der Waals surface area (Å²) >= 11 is 0. The van der Waals surface area contributed by atoms with E-state index in [-0.39, 0.29) is 13.2 Å². The second-order valence-electron chi connectivity index (χ2n) is 2.83. The number of urea groups is 1.